The first-order valence-electron chi connectivity index (χ1n) is 5.47. The summed E-state index contributed by atoms with van der Waals surface area (Å²) >= 11 is 6.00. The lowest BCUT2D eigenvalue weighted by atomic mass is 10.1. The van der Waals surface area contributed by atoms with Gasteiger partial charge in [-0.05, 0) is 29.8 Å². The average Bonchev–Trinajstić information content (AvgIpc) is 2.73. The number of rotatable bonds is 2. The summed E-state index contributed by atoms with van der Waals surface area (Å²) in [6, 6.07) is 11.8. The first-order valence-corrected chi connectivity index (χ1v) is 5.85. The van der Waals surface area contributed by atoms with Crippen LogP contribution < -0.4 is 0 Å². The Hall–Kier alpha value is -1.94. The Kier molecular flexibility index (Phi) is 2.72. The van der Waals surface area contributed by atoms with Crippen molar-refractivity contribution in [2.75, 3.05) is 0 Å². The third-order valence-corrected chi connectivity index (χ3v) is 2.89. The highest BCUT2D eigenvalue weighted by atomic mass is 35.5. The number of halogens is 2. The summed E-state index contributed by atoms with van der Waals surface area (Å²) in [5.74, 6) is 0.364. The van der Waals surface area contributed by atoms with Crippen molar-refractivity contribution in [1.29, 1.82) is 0 Å². The van der Waals surface area contributed by atoms with Gasteiger partial charge in [0.1, 0.15) is 11.0 Å². The molecule has 0 saturated heterocycles. The molecule has 0 amide bonds. The van der Waals surface area contributed by atoms with E-state index in [0.717, 1.165) is 5.56 Å². The second kappa shape index (κ2) is 4.38. The number of pyridine rings is 1. The Morgan fingerprint density at radius 3 is 2.78 bits per heavy atom. The summed E-state index contributed by atoms with van der Waals surface area (Å²) in [4.78, 5) is 4.34. The van der Waals surface area contributed by atoms with E-state index in [1.54, 1.807) is 16.6 Å². The third kappa shape index (κ3) is 2.07. The van der Waals surface area contributed by atoms with Crippen molar-refractivity contribution in [1.82, 2.24) is 14.6 Å². The molecule has 2 heterocycles. The van der Waals surface area contributed by atoms with Gasteiger partial charge in [-0.1, -0.05) is 29.8 Å². The molecule has 0 radical (unpaired) electrons. The second-order valence-corrected chi connectivity index (χ2v) is 4.34. The molecule has 1 aromatic carbocycles. The van der Waals surface area contributed by atoms with E-state index in [2.05, 4.69) is 10.1 Å². The Balaban J connectivity index is 1.98. The van der Waals surface area contributed by atoms with E-state index in [1.807, 2.05) is 18.2 Å². The van der Waals surface area contributed by atoms with E-state index in [9.17, 15) is 4.39 Å². The van der Waals surface area contributed by atoms with Crippen molar-refractivity contribution in [3.8, 4) is 0 Å². The van der Waals surface area contributed by atoms with Crippen LogP contribution in [0.2, 0.25) is 5.15 Å². The molecule has 0 N–H and O–H groups in total. The van der Waals surface area contributed by atoms with E-state index in [4.69, 9.17) is 11.6 Å². The molecule has 0 aliphatic heterocycles. The summed E-state index contributed by atoms with van der Waals surface area (Å²) in [5, 5.41) is 4.79. The summed E-state index contributed by atoms with van der Waals surface area (Å²) < 4.78 is 14.6. The molecule has 2 aromatic heterocycles. The van der Waals surface area contributed by atoms with E-state index >= 15 is 0 Å². The minimum atomic E-state index is -0.255. The fourth-order valence-electron chi connectivity index (χ4n) is 1.82. The first-order chi connectivity index (χ1) is 8.72. The predicted molar refractivity (Wildman–Crippen MR) is 67.2 cm³/mol. The van der Waals surface area contributed by atoms with Gasteiger partial charge in [-0.3, -0.25) is 0 Å². The molecule has 18 heavy (non-hydrogen) atoms. The van der Waals surface area contributed by atoms with Crippen molar-refractivity contribution >= 4 is 17.2 Å². The third-order valence-electron chi connectivity index (χ3n) is 2.61. The normalized spacial score (nSPS) is 11.0. The van der Waals surface area contributed by atoms with Gasteiger partial charge in [-0.2, -0.15) is 0 Å². The monoisotopic (exact) mass is 261 g/mol. The molecule has 0 unspecified atom stereocenters. The molecule has 0 bridgehead atoms. The zero-order valence-electron chi connectivity index (χ0n) is 9.35. The molecule has 5 heteroatoms. The molecule has 0 spiro atoms. The van der Waals surface area contributed by atoms with Gasteiger partial charge in [-0.25, -0.2) is 13.9 Å². The average molecular weight is 262 g/mol. The van der Waals surface area contributed by atoms with Gasteiger partial charge in [-0.15, -0.1) is 5.10 Å². The van der Waals surface area contributed by atoms with Crippen LogP contribution in [0.3, 0.4) is 0 Å². The summed E-state index contributed by atoms with van der Waals surface area (Å²) in [7, 11) is 0. The molecule has 90 valence electrons. The van der Waals surface area contributed by atoms with Crippen molar-refractivity contribution < 1.29 is 4.39 Å². The summed E-state index contributed by atoms with van der Waals surface area (Å²) in [6.45, 7) is 0. The lowest BCUT2D eigenvalue weighted by Gasteiger charge is -1.96. The Labute approximate surface area is 108 Å². The maximum Gasteiger partial charge on any atom is 0.157 e. The molecular formula is C13H9ClFN3. The number of benzene rings is 1. The number of hydrogen-bond donors (Lipinski definition) is 0. The molecular weight excluding hydrogens is 253 g/mol. The van der Waals surface area contributed by atoms with Crippen LogP contribution in [0.1, 0.15) is 11.4 Å². The molecule has 3 nitrogen and oxygen atoms in total. The molecule has 0 atom stereocenters. The predicted octanol–water partition coefficient (Wildman–Crippen LogP) is 3.11. The largest absolute Gasteiger partial charge is 0.212 e. The molecule has 3 aromatic rings. The van der Waals surface area contributed by atoms with E-state index < -0.39 is 0 Å². The van der Waals surface area contributed by atoms with Gasteiger partial charge in [0, 0.05) is 6.42 Å². The zero-order chi connectivity index (χ0) is 12.5. The van der Waals surface area contributed by atoms with Crippen LogP contribution in [0.4, 0.5) is 4.39 Å². The van der Waals surface area contributed by atoms with Crippen molar-refractivity contribution in [3.63, 3.8) is 0 Å². The maximum absolute atomic E-state index is 13.1. The quantitative estimate of drug-likeness (QED) is 0.664. The summed E-state index contributed by atoms with van der Waals surface area (Å²) in [6.07, 6.45) is 0.482. The lowest BCUT2D eigenvalue weighted by Crippen LogP contribution is -1.93. The summed E-state index contributed by atoms with van der Waals surface area (Å²) in [5.41, 5.74) is 1.52. The minimum Gasteiger partial charge on any atom is -0.212 e. The van der Waals surface area contributed by atoms with Gasteiger partial charge in [0.2, 0.25) is 0 Å². The fourth-order valence-corrected chi connectivity index (χ4v) is 2.02. The van der Waals surface area contributed by atoms with Crippen molar-refractivity contribution in [2.24, 2.45) is 0 Å². The van der Waals surface area contributed by atoms with Crippen LogP contribution in [0.25, 0.3) is 5.65 Å². The van der Waals surface area contributed by atoms with Crippen LogP contribution in [0, 0.1) is 5.82 Å². The highest BCUT2D eigenvalue weighted by molar-refractivity contribution is 6.29. The van der Waals surface area contributed by atoms with Crippen molar-refractivity contribution in [2.45, 2.75) is 6.42 Å². The minimum absolute atomic E-state index is 0.255. The van der Waals surface area contributed by atoms with E-state index in [1.165, 1.54) is 12.1 Å². The molecule has 3 rings (SSSR count). The highest BCUT2D eigenvalue weighted by Gasteiger charge is 2.07. The number of hydrogen-bond acceptors (Lipinski definition) is 2. The number of fused-ring (bicyclic) bond motifs is 1. The molecule has 0 aliphatic carbocycles. The van der Waals surface area contributed by atoms with Gasteiger partial charge in [0.15, 0.2) is 11.5 Å². The molecule has 0 aliphatic rings. The lowest BCUT2D eigenvalue weighted by molar-refractivity contribution is 0.625. The highest BCUT2D eigenvalue weighted by Crippen LogP contribution is 2.13. The van der Waals surface area contributed by atoms with Crippen LogP contribution in [0.15, 0.2) is 42.5 Å². The zero-order valence-corrected chi connectivity index (χ0v) is 10.1. The van der Waals surface area contributed by atoms with Crippen molar-refractivity contribution in [3.05, 3.63) is 64.8 Å². The van der Waals surface area contributed by atoms with Gasteiger partial charge in [0.05, 0.1) is 0 Å². The number of aromatic nitrogens is 3. The molecule has 0 fully saturated rings. The number of nitrogens with zero attached hydrogens (tertiary/aromatic N) is 3. The Morgan fingerprint density at radius 2 is 2.00 bits per heavy atom. The van der Waals surface area contributed by atoms with Gasteiger partial charge in [0.25, 0.3) is 0 Å². The van der Waals surface area contributed by atoms with E-state index in [0.29, 0.717) is 23.0 Å². The van der Waals surface area contributed by atoms with Crippen LogP contribution in [-0.4, -0.2) is 14.6 Å². The standard InChI is InChI=1S/C13H9ClFN3/c14-11-5-2-6-13-16-12(17-18(11)13)8-9-3-1-4-10(15)7-9/h1-7H,8H2. The smallest absolute Gasteiger partial charge is 0.157 e. The SMILES string of the molecule is Fc1cccc(Cc2nc3cccc(Cl)n3n2)c1. The Bertz CT molecular complexity index is 708. The molecule has 0 saturated carbocycles. The van der Waals surface area contributed by atoms with Gasteiger partial charge >= 0.3 is 0 Å². The van der Waals surface area contributed by atoms with Crippen LogP contribution >= 0.6 is 11.6 Å². The van der Waals surface area contributed by atoms with Crippen LogP contribution in [-0.2, 0) is 6.42 Å². The van der Waals surface area contributed by atoms with E-state index in [-0.39, 0.29) is 5.82 Å². The van der Waals surface area contributed by atoms with Gasteiger partial charge < -0.3 is 0 Å². The topological polar surface area (TPSA) is 30.2 Å². The maximum atomic E-state index is 13.1. The second-order valence-electron chi connectivity index (χ2n) is 3.95. The first kappa shape index (κ1) is 11.2. The Morgan fingerprint density at radius 1 is 1.17 bits per heavy atom. The fraction of sp³-hybridized carbons (Fsp3) is 0.0769. The van der Waals surface area contributed by atoms with Crippen LogP contribution in [0.5, 0.6) is 0 Å².